The molecule has 92 valence electrons. The SMILES string of the molecule is N#CCc1cc2cc[nH]c(=O)c2c2cc(Br)ccc12. The highest BCUT2D eigenvalue weighted by molar-refractivity contribution is 9.10. The smallest absolute Gasteiger partial charge is 0.256 e. The van der Waals surface area contributed by atoms with Crippen molar-refractivity contribution in [3.05, 3.63) is 56.9 Å². The molecule has 0 spiro atoms. The predicted molar refractivity (Wildman–Crippen MR) is 79.1 cm³/mol. The first-order valence-electron chi connectivity index (χ1n) is 5.80. The first-order chi connectivity index (χ1) is 9.20. The fourth-order valence-electron chi connectivity index (χ4n) is 2.39. The van der Waals surface area contributed by atoms with Crippen LogP contribution in [0.3, 0.4) is 0 Å². The molecule has 19 heavy (non-hydrogen) atoms. The van der Waals surface area contributed by atoms with E-state index in [1.807, 2.05) is 30.3 Å². The third-order valence-electron chi connectivity index (χ3n) is 3.19. The molecule has 1 aromatic heterocycles. The van der Waals surface area contributed by atoms with Gasteiger partial charge >= 0.3 is 0 Å². The fourth-order valence-corrected chi connectivity index (χ4v) is 2.75. The minimum absolute atomic E-state index is 0.107. The van der Waals surface area contributed by atoms with Gasteiger partial charge < -0.3 is 4.98 Å². The molecule has 0 saturated carbocycles. The van der Waals surface area contributed by atoms with Crippen LogP contribution in [0, 0.1) is 11.3 Å². The number of aromatic amines is 1. The number of H-pyrrole nitrogens is 1. The summed E-state index contributed by atoms with van der Waals surface area (Å²) in [6.07, 6.45) is 1.96. The van der Waals surface area contributed by atoms with Crippen molar-refractivity contribution in [1.29, 1.82) is 5.26 Å². The van der Waals surface area contributed by atoms with Gasteiger partial charge in [0.25, 0.3) is 5.56 Å². The second-order valence-corrected chi connectivity index (χ2v) is 5.25. The molecule has 4 heteroatoms. The molecule has 2 aromatic carbocycles. The van der Waals surface area contributed by atoms with Crippen molar-refractivity contribution >= 4 is 37.5 Å². The number of halogens is 1. The molecule has 0 radical (unpaired) electrons. The number of aromatic nitrogens is 1. The molecule has 0 fully saturated rings. The maximum atomic E-state index is 12.0. The highest BCUT2D eigenvalue weighted by Gasteiger charge is 2.09. The van der Waals surface area contributed by atoms with Gasteiger partial charge in [0.05, 0.1) is 17.9 Å². The molecule has 0 aliphatic heterocycles. The molecule has 3 rings (SSSR count). The largest absolute Gasteiger partial charge is 0.329 e. The van der Waals surface area contributed by atoms with Crippen molar-refractivity contribution in [2.24, 2.45) is 0 Å². The van der Waals surface area contributed by atoms with E-state index >= 15 is 0 Å². The van der Waals surface area contributed by atoms with Crippen molar-refractivity contribution in [3.63, 3.8) is 0 Å². The minimum Gasteiger partial charge on any atom is -0.329 e. The summed E-state index contributed by atoms with van der Waals surface area (Å²) in [4.78, 5) is 14.7. The highest BCUT2D eigenvalue weighted by Crippen LogP contribution is 2.29. The zero-order chi connectivity index (χ0) is 13.4. The van der Waals surface area contributed by atoms with Crippen LogP contribution in [-0.2, 0) is 6.42 Å². The van der Waals surface area contributed by atoms with E-state index in [1.54, 1.807) is 6.20 Å². The van der Waals surface area contributed by atoms with Crippen molar-refractivity contribution in [2.75, 3.05) is 0 Å². The lowest BCUT2D eigenvalue weighted by molar-refractivity contribution is 1.27. The second kappa shape index (κ2) is 4.52. The van der Waals surface area contributed by atoms with Crippen LogP contribution in [0.4, 0.5) is 0 Å². The van der Waals surface area contributed by atoms with Crippen LogP contribution < -0.4 is 5.56 Å². The Morgan fingerprint density at radius 1 is 1.21 bits per heavy atom. The van der Waals surface area contributed by atoms with Gasteiger partial charge in [-0.05, 0) is 46.0 Å². The molecular formula is C15H9BrN2O. The van der Waals surface area contributed by atoms with Gasteiger partial charge in [-0.2, -0.15) is 5.26 Å². The van der Waals surface area contributed by atoms with Gasteiger partial charge in [0.1, 0.15) is 0 Å². The predicted octanol–water partition coefficient (Wildman–Crippen LogP) is 3.51. The van der Waals surface area contributed by atoms with Crippen LogP contribution >= 0.6 is 15.9 Å². The van der Waals surface area contributed by atoms with Gasteiger partial charge in [0.15, 0.2) is 0 Å². The Morgan fingerprint density at radius 2 is 2.05 bits per heavy atom. The lowest BCUT2D eigenvalue weighted by Crippen LogP contribution is -2.05. The molecule has 0 aliphatic carbocycles. The number of fused-ring (bicyclic) bond motifs is 3. The summed E-state index contributed by atoms with van der Waals surface area (Å²) in [6.45, 7) is 0. The molecule has 1 heterocycles. The Balaban J connectivity index is 2.59. The normalized spacial score (nSPS) is 10.7. The summed E-state index contributed by atoms with van der Waals surface area (Å²) in [5.41, 5.74) is 0.840. The summed E-state index contributed by atoms with van der Waals surface area (Å²) in [5, 5.41) is 12.3. The van der Waals surface area contributed by atoms with E-state index < -0.39 is 0 Å². The van der Waals surface area contributed by atoms with E-state index in [0.717, 1.165) is 26.2 Å². The third-order valence-corrected chi connectivity index (χ3v) is 3.68. The minimum atomic E-state index is -0.107. The first kappa shape index (κ1) is 11.9. The van der Waals surface area contributed by atoms with Crippen LogP contribution in [0.15, 0.2) is 45.8 Å². The van der Waals surface area contributed by atoms with Crippen molar-refractivity contribution in [3.8, 4) is 6.07 Å². The van der Waals surface area contributed by atoms with Gasteiger partial charge in [-0.25, -0.2) is 0 Å². The lowest BCUT2D eigenvalue weighted by Gasteiger charge is -2.08. The zero-order valence-electron chi connectivity index (χ0n) is 9.90. The van der Waals surface area contributed by atoms with Crippen LogP contribution in [0.2, 0.25) is 0 Å². The van der Waals surface area contributed by atoms with E-state index in [4.69, 9.17) is 5.26 Å². The Hall–Kier alpha value is -2.12. The maximum Gasteiger partial charge on any atom is 0.256 e. The number of pyridine rings is 1. The van der Waals surface area contributed by atoms with Crippen molar-refractivity contribution in [1.82, 2.24) is 4.98 Å². The summed E-state index contributed by atoms with van der Waals surface area (Å²) >= 11 is 3.43. The summed E-state index contributed by atoms with van der Waals surface area (Å²) in [7, 11) is 0. The number of rotatable bonds is 1. The number of hydrogen-bond donors (Lipinski definition) is 1. The number of nitriles is 1. The Morgan fingerprint density at radius 3 is 2.84 bits per heavy atom. The maximum absolute atomic E-state index is 12.0. The van der Waals surface area contributed by atoms with Gasteiger partial charge in [-0.1, -0.05) is 22.0 Å². The van der Waals surface area contributed by atoms with Gasteiger partial charge in [0.2, 0.25) is 0 Å². The molecule has 0 unspecified atom stereocenters. The quantitative estimate of drug-likeness (QED) is 0.699. The molecule has 0 saturated heterocycles. The Kier molecular flexibility index (Phi) is 2.84. The summed E-state index contributed by atoms with van der Waals surface area (Å²) in [6, 6.07) is 11.7. The second-order valence-electron chi connectivity index (χ2n) is 4.33. The number of nitrogens with one attached hydrogen (secondary N) is 1. The molecule has 0 atom stereocenters. The zero-order valence-corrected chi connectivity index (χ0v) is 11.5. The molecule has 3 nitrogen and oxygen atoms in total. The van der Waals surface area contributed by atoms with E-state index in [0.29, 0.717) is 11.8 Å². The first-order valence-corrected chi connectivity index (χ1v) is 6.59. The van der Waals surface area contributed by atoms with E-state index in [1.165, 1.54) is 0 Å². The standard InChI is InChI=1S/C15H9BrN2O/c16-11-1-2-12-9(3-5-17)7-10-4-6-18-15(19)14(10)13(12)8-11/h1-2,4,6-8H,3H2,(H,18,19). The Labute approximate surface area is 117 Å². The highest BCUT2D eigenvalue weighted by atomic mass is 79.9. The topological polar surface area (TPSA) is 56.6 Å². The van der Waals surface area contributed by atoms with Gasteiger partial charge in [-0.3, -0.25) is 4.79 Å². The fraction of sp³-hybridized carbons (Fsp3) is 0.0667. The van der Waals surface area contributed by atoms with Gasteiger partial charge in [-0.15, -0.1) is 0 Å². The van der Waals surface area contributed by atoms with E-state index in [2.05, 4.69) is 27.0 Å². The number of hydrogen-bond acceptors (Lipinski definition) is 2. The Bertz CT molecular complexity index is 890. The van der Waals surface area contributed by atoms with E-state index in [-0.39, 0.29) is 5.56 Å². The van der Waals surface area contributed by atoms with Crippen LogP contribution in [0.1, 0.15) is 5.56 Å². The average Bonchev–Trinajstić information content (AvgIpc) is 2.38. The van der Waals surface area contributed by atoms with Crippen LogP contribution in [0.5, 0.6) is 0 Å². The van der Waals surface area contributed by atoms with Crippen molar-refractivity contribution < 1.29 is 0 Å². The van der Waals surface area contributed by atoms with E-state index in [9.17, 15) is 4.79 Å². The lowest BCUT2D eigenvalue weighted by atomic mass is 9.97. The number of nitrogens with zero attached hydrogens (tertiary/aromatic N) is 1. The monoisotopic (exact) mass is 312 g/mol. The van der Waals surface area contributed by atoms with Crippen LogP contribution in [-0.4, -0.2) is 4.98 Å². The van der Waals surface area contributed by atoms with Gasteiger partial charge in [0, 0.05) is 10.7 Å². The third kappa shape index (κ3) is 1.92. The molecule has 0 aliphatic rings. The van der Waals surface area contributed by atoms with Crippen molar-refractivity contribution in [2.45, 2.75) is 6.42 Å². The molecule has 0 amide bonds. The molecular weight excluding hydrogens is 304 g/mol. The molecule has 3 aromatic rings. The summed E-state index contributed by atoms with van der Waals surface area (Å²) < 4.78 is 0.915. The average molecular weight is 313 g/mol. The molecule has 0 bridgehead atoms. The summed E-state index contributed by atoms with van der Waals surface area (Å²) in [5.74, 6) is 0. The molecule has 1 N–H and O–H groups in total. The van der Waals surface area contributed by atoms with Crippen LogP contribution in [0.25, 0.3) is 21.5 Å². The number of benzene rings is 2.